The third-order valence-electron chi connectivity index (χ3n) is 1.89. The number of ether oxygens (including phenoxy) is 1. The van der Waals surface area contributed by atoms with Gasteiger partial charge in [0.1, 0.15) is 12.4 Å². The third kappa shape index (κ3) is 4.48. The number of benzene rings is 1. The molecule has 15 heavy (non-hydrogen) atoms. The minimum absolute atomic E-state index is 0.471. The molecule has 1 aromatic rings. The van der Waals surface area contributed by atoms with Crippen LogP contribution in [-0.2, 0) is 0 Å². The lowest BCUT2D eigenvalue weighted by Crippen LogP contribution is -2.27. The second kappa shape index (κ2) is 6.05. The summed E-state index contributed by atoms with van der Waals surface area (Å²) in [5.41, 5.74) is 0.629. The molecule has 0 radical (unpaired) electrons. The Morgan fingerprint density at radius 2 is 2.27 bits per heavy atom. The van der Waals surface area contributed by atoms with Crippen LogP contribution in [0.4, 0.5) is 0 Å². The molecule has 0 bridgehead atoms. The van der Waals surface area contributed by atoms with E-state index in [2.05, 4.69) is 25.2 Å². The fraction of sp³-hybridized carbons (Fsp3) is 0.417. The summed E-state index contributed by atoms with van der Waals surface area (Å²) in [5, 5.41) is 11.9. The zero-order valence-corrected chi connectivity index (χ0v) is 9.16. The van der Waals surface area contributed by atoms with Crippen LogP contribution in [-0.4, -0.2) is 19.2 Å². The van der Waals surface area contributed by atoms with Crippen LogP contribution in [0.15, 0.2) is 24.3 Å². The van der Waals surface area contributed by atoms with Crippen LogP contribution in [0.25, 0.3) is 0 Å². The molecule has 0 aromatic heterocycles. The van der Waals surface area contributed by atoms with Crippen molar-refractivity contribution >= 4 is 0 Å². The third-order valence-corrected chi connectivity index (χ3v) is 1.89. The Balaban J connectivity index is 2.35. The van der Waals surface area contributed by atoms with Crippen molar-refractivity contribution in [2.75, 3.05) is 13.2 Å². The topological polar surface area (TPSA) is 45.0 Å². The number of hydrogen-bond acceptors (Lipinski definition) is 3. The first-order valence-corrected chi connectivity index (χ1v) is 5.08. The molecular formula is C12H16N2O. The molecule has 1 aromatic carbocycles. The van der Waals surface area contributed by atoms with Crippen molar-refractivity contribution in [1.82, 2.24) is 5.32 Å². The standard InChI is InChI=1S/C12H16N2O/c1-10(2)14-6-7-15-12-5-3-4-11(8-12)9-13/h3-5,8,10,14H,6-7H2,1-2H3. The molecule has 0 amide bonds. The van der Waals surface area contributed by atoms with Crippen LogP contribution >= 0.6 is 0 Å². The Hall–Kier alpha value is -1.53. The Kier molecular flexibility index (Phi) is 4.65. The van der Waals surface area contributed by atoms with Crippen molar-refractivity contribution < 1.29 is 4.74 Å². The molecule has 1 rings (SSSR count). The van der Waals surface area contributed by atoms with Crippen LogP contribution < -0.4 is 10.1 Å². The summed E-state index contributed by atoms with van der Waals surface area (Å²) in [5.74, 6) is 0.750. The van der Waals surface area contributed by atoms with Gasteiger partial charge in [0.25, 0.3) is 0 Å². The molecule has 0 spiro atoms. The van der Waals surface area contributed by atoms with Gasteiger partial charge in [0.2, 0.25) is 0 Å². The first-order valence-electron chi connectivity index (χ1n) is 5.08. The fourth-order valence-electron chi connectivity index (χ4n) is 1.17. The fourth-order valence-corrected chi connectivity index (χ4v) is 1.17. The number of hydrogen-bond donors (Lipinski definition) is 1. The normalized spacial score (nSPS) is 10.0. The Labute approximate surface area is 90.7 Å². The van der Waals surface area contributed by atoms with Crippen LogP contribution in [0, 0.1) is 11.3 Å². The maximum absolute atomic E-state index is 8.69. The average Bonchev–Trinajstić information content (AvgIpc) is 2.24. The smallest absolute Gasteiger partial charge is 0.120 e. The molecule has 0 unspecified atom stereocenters. The SMILES string of the molecule is CC(C)NCCOc1cccc(C#N)c1. The number of rotatable bonds is 5. The first kappa shape index (κ1) is 11.5. The van der Waals surface area contributed by atoms with Crippen molar-refractivity contribution in [3.63, 3.8) is 0 Å². The summed E-state index contributed by atoms with van der Waals surface area (Å²) in [6, 6.07) is 9.74. The van der Waals surface area contributed by atoms with E-state index in [0.29, 0.717) is 18.2 Å². The molecule has 1 N–H and O–H groups in total. The summed E-state index contributed by atoms with van der Waals surface area (Å²) < 4.78 is 5.49. The Morgan fingerprint density at radius 3 is 2.93 bits per heavy atom. The lowest BCUT2D eigenvalue weighted by Gasteiger charge is -2.09. The van der Waals surface area contributed by atoms with Gasteiger partial charge in [-0.1, -0.05) is 19.9 Å². The predicted molar refractivity (Wildman–Crippen MR) is 59.8 cm³/mol. The lowest BCUT2D eigenvalue weighted by atomic mass is 10.2. The molecule has 0 saturated heterocycles. The van der Waals surface area contributed by atoms with Gasteiger partial charge < -0.3 is 10.1 Å². The number of nitrogens with zero attached hydrogens (tertiary/aromatic N) is 1. The highest BCUT2D eigenvalue weighted by atomic mass is 16.5. The Morgan fingerprint density at radius 1 is 1.47 bits per heavy atom. The van der Waals surface area contributed by atoms with Crippen LogP contribution in [0.1, 0.15) is 19.4 Å². The zero-order chi connectivity index (χ0) is 11.1. The van der Waals surface area contributed by atoms with Gasteiger partial charge in [-0.3, -0.25) is 0 Å². The summed E-state index contributed by atoms with van der Waals surface area (Å²) in [6.07, 6.45) is 0. The van der Waals surface area contributed by atoms with Crippen molar-refractivity contribution in [3.8, 4) is 11.8 Å². The molecule has 0 aliphatic rings. The molecule has 3 nitrogen and oxygen atoms in total. The molecule has 0 saturated carbocycles. The van der Waals surface area contributed by atoms with E-state index < -0.39 is 0 Å². The lowest BCUT2D eigenvalue weighted by molar-refractivity contribution is 0.309. The second-order valence-corrected chi connectivity index (χ2v) is 3.60. The molecule has 0 atom stereocenters. The highest BCUT2D eigenvalue weighted by molar-refractivity contribution is 5.36. The van der Waals surface area contributed by atoms with Gasteiger partial charge in [0, 0.05) is 12.6 Å². The van der Waals surface area contributed by atoms with Crippen LogP contribution in [0.3, 0.4) is 0 Å². The highest BCUT2D eigenvalue weighted by Gasteiger charge is 1.96. The highest BCUT2D eigenvalue weighted by Crippen LogP contribution is 2.11. The summed E-state index contributed by atoms with van der Waals surface area (Å²) in [4.78, 5) is 0. The van der Waals surface area contributed by atoms with E-state index in [4.69, 9.17) is 10.00 Å². The summed E-state index contributed by atoms with van der Waals surface area (Å²) in [7, 11) is 0. The Bertz CT molecular complexity index is 342. The summed E-state index contributed by atoms with van der Waals surface area (Å²) >= 11 is 0. The molecule has 80 valence electrons. The second-order valence-electron chi connectivity index (χ2n) is 3.60. The summed E-state index contributed by atoms with van der Waals surface area (Å²) in [6.45, 7) is 5.62. The maximum Gasteiger partial charge on any atom is 0.120 e. The van der Waals surface area contributed by atoms with E-state index in [1.54, 1.807) is 12.1 Å². The van der Waals surface area contributed by atoms with Crippen LogP contribution in [0.5, 0.6) is 5.75 Å². The van der Waals surface area contributed by atoms with Gasteiger partial charge >= 0.3 is 0 Å². The van der Waals surface area contributed by atoms with E-state index in [1.165, 1.54) is 0 Å². The van der Waals surface area contributed by atoms with Crippen LogP contribution in [0.2, 0.25) is 0 Å². The first-order chi connectivity index (χ1) is 7.22. The van der Waals surface area contributed by atoms with Gasteiger partial charge in [0.05, 0.1) is 11.6 Å². The van der Waals surface area contributed by atoms with E-state index >= 15 is 0 Å². The molecule has 0 aliphatic heterocycles. The molecule has 0 fully saturated rings. The molecular weight excluding hydrogens is 188 g/mol. The predicted octanol–water partition coefficient (Wildman–Crippen LogP) is 1.94. The monoisotopic (exact) mass is 204 g/mol. The maximum atomic E-state index is 8.69. The average molecular weight is 204 g/mol. The number of nitriles is 1. The van der Waals surface area contributed by atoms with Gasteiger partial charge in [-0.15, -0.1) is 0 Å². The van der Waals surface area contributed by atoms with Gasteiger partial charge in [-0.05, 0) is 18.2 Å². The number of nitrogens with one attached hydrogen (secondary N) is 1. The molecule has 0 aliphatic carbocycles. The van der Waals surface area contributed by atoms with Gasteiger partial charge in [-0.2, -0.15) is 5.26 Å². The minimum atomic E-state index is 0.471. The van der Waals surface area contributed by atoms with E-state index in [1.807, 2.05) is 12.1 Å². The van der Waals surface area contributed by atoms with Gasteiger partial charge in [0.15, 0.2) is 0 Å². The van der Waals surface area contributed by atoms with Crippen molar-refractivity contribution in [3.05, 3.63) is 29.8 Å². The molecule has 3 heteroatoms. The quantitative estimate of drug-likeness (QED) is 0.745. The van der Waals surface area contributed by atoms with E-state index in [-0.39, 0.29) is 0 Å². The van der Waals surface area contributed by atoms with Gasteiger partial charge in [-0.25, -0.2) is 0 Å². The zero-order valence-electron chi connectivity index (χ0n) is 9.16. The largest absolute Gasteiger partial charge is 0.492 e. The van der Waals surface area contributed by atoms with Crippen molar-refractivity contribution in [2.45, 2.75) is 19.9 Å². The van der Waals surface area contributed by atoms with Crippen molar-refractivity contribution in [2.24, 2.45) is 0 Å². The van der Waals surface area contributed by atoms with E-state index in [0.717, 1.165) is 12.3 Å². The van der Waals surface area contributed by atoms with E-state index in [9.17, 15) is 0 Å². The van der Waals surface area contributed by atoms with Crippen molar-refractivity contribution in [1.29, 1.82) is 5.26 Å². The minimum Gasteiger partial charge on any atom is -0.492 e. The molecule has 0 heterocycles.